The normalized spacial score (nSPS) is 17.8. The van der Waals surface area contributed by atoms with Crippen LogP contribution in [0.4, 0.5) is 0 Å². The van der Waals surface area contributed by atoms with Crippen molar-refractivity contribution in [2.75, 3.05) is 0 Å². The lowest BCUT2D eigenvalue weighted by Crippen LogP contribution is -2.20. The SMILES string of the molecule is Cl.N=C(N)CC1CCC1. The van der Waals surface area contributed by atoms with E-state index < -0.39 is 0 Å². The number of nitrogens with two attached hydrogens (primary N) is 1. The zero-order valence-electron chi connectivity index (χ0n) is 5.39. The van der Waals surface area contributed by atoms with Crippen LogP contribution in [-0.2, 0) is 0 Å². The summed E-state index contributed by atoms with van der Waals surface area (Å²) in [5, 5.41) is 6.94. The van der Waals surface area contributed by atoms with Gasteiger partial charge >= 0.3 is 0 Å². The number of hydrogen-bond acceptors (Lipinski definition) is 1. The fourth-order valence-electron chi connectivity index (χ4n) is 1.01. The van der Waals surface area contributed by atoms with E-state index in [9.17, 15) is 0 Å². The van der Waals surface area contributed by atoms with Crippen molar-refractivity contribution in [2.24, 2.45) is 11.7 Å². The van der Waals surface area contributed by atoms with Crippen LogP contribution in [0.1, 0.15) is 25.7 Å². The predicted octanol–water partition coefficient (Wildman–Crippen LogP) is 1.53. The molecule has 9 heavy (non-hydrogen) atoms. The second-order valence-corrected chi connectivity index (χ2v) is 2.53. The van der Waals surface area contributed by atoms with Gasteiger partial charge in [0, 0.05) is 6.42 Å². The number of rotatable bonds is 2. The summed E-state index contributed by atoms with van der Waals surface area (Å²) in [6.45, 7) is 0. The summed E-state index contributed by atoms with van der Waals surface area (Å²) in [6.07, 6.45) is 4.76. The Morgan fingerprint density at radius 2 is 2.11 bits per heavy atom. The van der Waals surface area contributed by atoms with Gasteiger partial charge in [0.25, 0.3) is 0 Å². The summed E-state index contributed by atoms with van der Waals surface area (Å²) in [5.41, 5.74) is 5.19. The first-order chi connectivity index (χ1) is 3.79. The summed E-state index contributed by atoms with van der Waals surface area (Å²) >= 11 is 0. The highest BCUT2D eigenvalue weighted by Crippen LogP contribution is 2.28. The summed E-state index contributed by atoms with van der Waals surface area (Å²) < 4.78 is 0. The number of nitrogens with one attached hydrogen (secondary N) is 1. The van der Waals surface area contributed by atoms with Crippen LogP contribution < -0.4 is 5.73 Å². The van der Waals surface area contributed by atoms with Crippen molar-refractivity contribution < 1.29 is 0 Å². The number of halogens is 1. The van der Waals surface area contributed by atoms with Crippen LogP contribution in [0.15, 0.2) is 0 Å². The Morgan fingerprint density at radius 3 is 2.22 bits per heavy atom. The lowest BCUT2D eigenvalue weighted by molar-refractivity contribution is 0.326. The van der Waals surface area contributed by atoms with E-state index >= 15 is 0 Å². The van der Waals surface area contributed by atoms with E-state index in [1.54, 1.807) is 0 Å². The van der Waals surface area contributed by atoms with Crippen LogP contribution in [0.25, 0.3) is 0 Å². The largest absolute Gasteiger partial charge is 0.388 e. The molecule has 0 aliphatic heterocycles. The van der Waals surface area contributed by atoms with Crippen molar-refractivity contribution >= 4 is 18.2 Å². The van der Waals surface area contributed by atoms with Crippen molar-refractivity contribution in [3.63, 3.8) is 0 Å². The molecule has 1 aliphatic rings. The van der Waals surface area contributed by atoms with E-state index in [4.69, 9.17) is 11.1 Å². The minimum Gasteiger partial charge on any atom is -0.388 e. The Balaban J connectivity index is 0.000000640. The molecule has 0 amide bonds. The fraction of sp³-hybridized carbons (Fsp3) is 0.833. The Hall–Kier alpha value is -0.240. The standard InChI is InChI=1S/C6H12N2.ClH/c7-6(8)4-5-2-1-3-5;/h5H,1-4H2,(H3,7,8);1H. The average Bonchev–Trinajstić information content (AvgIpc) is 1.55. The molecule has 1 rings (SSSR count). The third-order valence-corrected chi connectivity index (χ3v) is 1.73. The molecule has 1 fully saturated rings. The van der Waals surface area contributed by atoms with E-state index in [0.29, 0.717) is 5.84 Å². The molecule has 0 aromatic heterocycles. The third-order valence-electron chi connectivity index (χ3n) is 1.73. The van der Waals surface area contributed by atoms with E-state index in [-0.39, 0.29) is 12.4 Å². The minimum atomic E-state index is 0. The van der Waals surface area contributed by atoms with Gasteiger partial charge in [0.05, 0.1) is 5.84 Å². The predicted molar refractivity (Wildman–Crippen MR) is 41.1 cm³/mol. The molecule has 0 unspecified atom stereocenters. The molecule has 2 nitrogen and oxygen atoms in total. The smallest absolute Gasteiger partial charge is 0.0908 e. The molecule has 0 radical (unpaired) electrons. The Kier molecular flexibility index (Phi) is 3.62. The average molecular weight is 149 g/mol. The first-order valence-corrected chi connectivity index (χ1v) is 3.12. The zero-order valence-corrected chi connectivity index (χ0v) is 6.21. The molecule has 1 saturated carbocycles. The van der Waals surface area contributed by atoms with Crippen LogP contribution >= 0.6 is 12.4 Å². The first kappa shape index (κ1) is 8.76. The van der Waals surface area contributed by atoms with Crippen LogP contribution in [-0.4, -0.2) is 5.84 Å². The van der Waals surface area contributed by atoms with Crippen LogP contribution in [0, 0.1) is 11.3 Å². The van der Waals surface area contributed by atoms with Crippen LogP contribution in [0.3, 0.4) is 0 Å². The van der Waals surface area contributed by atoms with Gasteiger partial charge in [-0.1, -0.05) is 19.3 Å². The summed E-state index contributed by atoms with van der Waals surface area (Å²) in [4.78, 5) is 0. The Labute approximate surface area is 61.7 Å². The number of amidine groups is 1. The lowest BCUT2D eigenvalue weighted by atomic mass is 9.83. The molecular weight excluding hydrogens is 136 g/mol. The van der Waals surface area contributed by atoms with Gasteiger partial charge in [-0.2, -0.15) is 0 Å². The van der Waals surface area contributed by atoms with Gasteiger partial charge in [-0.05, 0) is 5.92 Å². The molecule has 1 aliphatic carbocycles. The quantitative estimate of drug-likeness (QED) is 0.453. The van der Waals surface area contributed by atoms with E-state index in [1.807, 2.05) is 0 Å². The van der Waals surface area contributed by atoms with Gasteiger partial charge < -0.3 is 5.73 Å². The van der Waals surface area contributed by atoms with Gasteiger partial charge in [0.15, 0.2) is 0 Å². The van der Waals surface area contributed by atoms with E-state index in [1.165, 1.54) is 19.3 Å². The molecule has 0 spiro atoms. The van der Waals surface area contributed by atoms with Gasteiger partial charge in [0.2, 0.25) is 0 Å². The molecule has 0 heterocycles. The molecule has 0 saturated heterocycles. The van der Waals surface area contributed by atoms with Crippen LogP contribution in [0.5, 0.6) is 0 Å². The van der Waals surface area contributed by atoms with Crippen molar-refractivity contribution in [3.8, 4) is 0 Å². The van der Waals surface area contributed by atoms with Crippen molar-refractivity contribution in [3.05, 3.63) is 0 Å². The van der Waals surface area contributed by atoms with Crippen molar-refractivity contribution in [1.82, 2.24) is 0 Å². The highest BCUT2D eigenvalue weighted by atomic mass is 35.5. The maximum Gasteiger partial charge on any atom is 0.0908 e. The zero-order chi connectivity index (χ0) is 5.98. The maximum atomic E-state index is 6.94. The Bertz CT molecular complexity index is 99.2. The molecule has 3 N–H and O–H groups in total. The lowest BCUT2D eigenvalue weighted by Gasteiger charge is -2.24. The highest BCUT2D eigenvalue weighted by molar-refractivity contribution is 5.85. The van der Waals surface area contributed by atoms with Gasteiger partial charge in [-0.25, -0.2) is 0 Å². The van der Waals surface area contributed by atoms with Crippen molar-refractivity contribution in [2.45, 2.75) is 25.7 Å². The molecule has 3 heteroatoms. The summed E-state index contributed by atoms with van der Waals surface area (Å²) in [7, 11) is 0. The monoisotopic (exact) mass is 148 g/mol. The van der Waals surface area contributed by atoms with Crippen LogP contribution in [0.2, 0.25) is 0 Å². The molecule has 0 aromatic carbocycles. The molecule has 54 valence electrons. The molecule has 0 atom stereocenters. The molecule has 0 aromatic rings. The second kappa shape index (κ2) is 3.72. The van der Waals surface area contributed by atoms with E-state index in [2.05, 4.69) is 0 Å². The Morgan fingerprint density at radius 1 is 1.56 bits per heavy atom. The van der Waals surface area contributed by atoms with E-state index in [0.717, 1.165) is 12.3 Å². The minimum absolute atomic E-state index is 0. The number of hydrogen-bond donors (Lipinski definition) is 2. The topological polar surface area (TPSA) is 49.9 Å². The summed E-state index contributed by atoms with van der Waals surface area (Å²) in [6, 6.07) is 0. The second-order valence-electron chi connectivity index (χ2n) is 2.53. The summed E-state index contributed by atoms with van der Waals surface area (Å²) in [5.74, 6) is 1.11. The maximum absolute atomic E-state index is 6.94. The fourth-order valence-corrected chi connectivity index (χ4v) is 1.01. The van der Waals surface area contributed by atoms with Crippen molar-refractivity contribution in [1.29, 1.82) is 5.41 Å². The van der Waals surface area contributed by atoms with Gasteiger partial charge in [-0.3, -0.25) is 5.41 Å². The van der Waals surface area contributed by atoms with Gasteiger partial charge in [-0.15, -0.1) is 12.4 Å². The van der Waals surface area contributed by atoms with Gasteiger partial charge in [0.1, 0.15) is 0 Å². The molecular formula is C6H13ClN2. The third kappa shape index (κ3) is 2.70. The highest BCUT2D eigenvalue weighted by Gasteiger charge is 2.17. The first-order valence-electron chi connectivity index (χ1n) is 3.12. The molecule has 0 bridgehead atoms.